The zero-order chi connectivity index (χ0) is 13.8. The summed E-state index contributed by atoms with van der Waals surface area (Å²) < 4.78 is 2.03. The molecule has 19 heavy (non-hydrogen) atoms. The molecule has 1 aromatic heterocycles. The molecule has 0 spiro atoms. The van der Waals surface area contributed by atoms with Crippen molar-refractivity contribution in [3.63, 3.8) is 0 Å². The van der Waals surface area contributed by atoms with Crippen LogP contribution in [0.25, 0.3) is 0 Å². The smallest absolute Gasteiger partial charge is 0.0522 e. The fourth-order valence-corrected chi connectivity index (χ4v) is 2.39. The largest absolute Gasteiger partial charge is 0.305 e. The summed E-state index contributed by atoms with van der Waals surface area (Å²) in [5.41, 5.74) is 5.27. The highest BCUT2D eigenvalue weighted by atomic mass is 15.3. The fourth-order valence-electron chi connectivity index (χ4n) is 2.39. The molecule has 2 aromatic rings. The van der Waals surface area contributed by atoms with E-state index in [1.807, 2.05) is 10.9 Å². The zero-order valence-corrected chi connectivity index (χ0v) is 12.3. The molecule has 0 radical (unpaired) electrons. The Kier molecular flexibility index (Phi) is 4.38. The summed E-state index contributed by atoms with van der Waals surface area (Å²) in [6, 6.07) is 9.05. The summed E-state index contributed by atoms with van der Waals surface area (Å²) in [7, 11) is 0. The minimum Gasteiger partial charge on any atom is -0.305 e. The lowest BCUT2D eigenvalue weighted by molar-refractivity contribution is 0.530. The van der Waals surface area contributed by atoms with Crippen molar-refractivity contribution in [3.05, 3.63) is 52.8 Å². The number of nitrogens with one attached hydrogen (secondary N) is 1. The number of aryl methyl sites for hydroxylation is 3. The second-order valence-electron chi connectivity index (χ2n) is 5.10. The van der Waals surface area contributed by atoms with E-state index < -0.39 is 0 Å². The summed E-state index contributed by atoms with van der Waals surface area (Å²) in [4.78, 5) is 0. The molecule has 0 saturated heterocycles. The van der Waals surface area contributed by atoms with Gasteiger partial charge in [-0.3, -0.25) is 4.68 Å². The number of nitrogens with zero attached hydrogens (tertiary/aromatic N) is 2. The van der Waals surface area contributed by atoms with Crippen LogP contribution >= 0.6 is 0 Å². The average molecular weight is 257 g/mol. The number of rotatable bonds is 5. The van der Waals surface area contributed by atoms with E-state index in [0.717, 1.165) is 13.1 Å². The lowest BCUT2D eigenvalue weighted by Gasteiger charge is -2.17. The molecule has 0 bridgehead atoms. The van der Waals surface area contributed by atoms with Gasteiger partial charge in [0, 0.05) is 25.3 Å². The third-order valence-corrected chi connectivity index (χ3v) is 3.59. The van der Waals surface area contributed by atoms with Crippen LogP contribution in [0.4, 0.5) is 0 Å². The van der Waals surface area contributed by atoms with Crippen molar-refractivity contribution < 1.29 is 0 Å². The molecule has 0 saturated carbocycles. The molecule has 1 atom stereocenters. The van der Waals surface area contributed by atoms with Crippen molar-refractivity contribution in [2.45, 2.75) is 46.8 Å². The fraction of sp³-hybridized carbons (Fsp3) is 0.438. The van der Waals surface area contributed by atoms with Crippen LogP contribution < -0.4 is 5.32 Å². The maximum atomic E-state index is 4.29. The highest BCUT2D eigenvalue weighted by Crippen LogP contribution is 2.19. The Bertz CT molecular complexity index is 543. The van der Waals surface area contributed by atoms with Gasteiger partial charge in [0.15, 0.2) is 0 Å². The van der Waals surface area contributed by atoms with Crippen molar-refractivity contribution in [1.82, 2.24) is 15.1 Å². The van der Waals surface area contributed by atoms with E-state index in [4.69, 9.17) is 0 Å². The van der Waals surface area contributed by atoms with Gasteiger partial charge < -0.3 is 5.32 Å². The monoisotopic (exact) mass is 257 g/mol. The van der Waals surface area contributed by atoms with Crippen LogP contribution in [0.15, 0.2) is 30.5 Å². The van der Waals surface area contributed by atoms with Crippen molar-refractivity contribution in [3.8, 4) is 0 Å². The van der Waals surface area contributed by atoms with Gasteiger partial charge in [-0.15, -0.1) is 0 Å². The molecular formula is C16H23N3. The third kappa shape index (κ3) is 3.24. The van der Waals surface area contributed by atoms with E-state index in [0.29, 0.717) is 6.04 Å². The van der Waals surface area contributed by atoms with Crippen molar-refractivity contribution in [2.75, 3.05) is 0 Å². The first kappa shape index (κ1) is 13.8. The van der Waals surface area contributed by atoms with Gasteiger partial charge >= 0.3 is 0 Å². The van der Waals surface area contributed by atoms with Crippen molar-refractivity contribution in [2.24, 2.45) is 0 Å². The number of aromatic nitrogens is 2. The maximum absolute atomic E-state index is 4.29. The topological polar surface area (TPSA) is 29.9 Å². The lowest BCUT2D eigenvalue weighted by atomic mass is 10.00. The summed E-state index contributed by atoms with van der Waals surface area (Å²) >= 11 is 0. The third-order valence-electron chi connectivity index (χ3n) is 3.59. The first-order chi connectivity index (χ1) is 9.11. The number of hydrogen-bond donors (Lipinski definition) is 1. The van der Waals surface area contributed by atoms with Crippen LogP contribution in [0.5, 0.6) is 0 Å². The van der Waals surface area contributed by atoms with Gasteiger partial charge in [0.05, 0.1) is 5.69 Å². The van der Waals surface area contributed by atoms with Gasteiger partial charge in [0.2, 0.25) is 0 Å². The van der Waals surface area contributed by atoms with Gasteiger partial charge in [-0.1, -0.05) is 23.8 Å². The van der Waals surface area contributed by atoms with Crippen LogP contribution in [0.1, 0.15) is 42.3 Å². The molecular weight excluding hydrogens is 234 g/mol. The SMILES string of the molecule is CCn1nccc1CNC(C)c1cc(C)ccc1C. The molecule has 1 aromatic carbocycles. The summed E-state index contributed by atoms with van der Waals surface area (Å²) in [5.74, 6) is 0. The van der Waals surface area contributed by atoms with Gasteiger partial charge in [-0.05, 0) is 44.9 Å². The van der Waals surface area contributed by atoms with Crippen molar-refractivity contribution in [1.29, 1.82) is 0 Å². The van der Waals surface area contributed by atoms with E-state index in [1.165, 1.54) is 22.4 Å². The highest BCUT2D eigenvalue weighted by Gasteiger charge is 2.09. The zero-order valence-electron chi connectivity index (χ0n) is 12.3. The Morgan fingerprint density at radius 2 is 2.05 bits per heavy atom. The molecule has 0 aliphatic heterocycles. The molecule has 0 aliphatic rings. The Morgan fingerprint density at radius 1 is 1.26 bits per heavy atom. The summed E-state index contributed by atoms with van der Waals surface area (Å²) in [6.45, 7) is 10.4. The molecule has 102 valence electrons. The van der Waals surface area contributed by atoms with E-state index in [-0.39, 0.29) is 0 Å². The van der Waals surface area contributed by atoms with Gasteiger partial charge in [0.1, 0.15) is 0 Å². The molecule has 2 rings (SSSR count). The van der Waals surface area contributed by atoms with Crippen LogP contribution in [0, 0.1) is 13.8 Å². The standard InChI is InChI=1S/C16H23N3/c1-5-19-15(8-9-18-19)11-17-14(4)16-10-12(2)6-7-13(16)3/h6-10,14,17H,5,11H2,1-4H3. The van der Waals surface area contributed by atoms with Crippen LogP contribution in [0.3, 0.4) is 0 Å². The van der Waals surface area contributed by atoms with E-state index in [9.17, 15) is 0 Å². The van der Waals surface area contributed by atoms with Gasteiger partial charge in [-0.25, -0.2) is 0 Å². The summed E-state index contributed by atoms with van der Waals surface area (Å²) in [6.07, 6.45) is 1.86. The average Bonchev–Trinajstić information content (AvgIpc) is 2.86. The molecule has 0 aliphatic carbocycles. The normalized spacial score (nSPS) is 12.6. The Balaban J connectivity index is 2.05. The van der Waals surface area contributed by atoms with Crippen molar-refractivity contribution >= 4 is 0 Å². The minimum atomic E-state index is 0.347. The Labute approximate surface area is 115 Å². The lowest BCUT2D eigenvalue weighted by Crippen LogP contribution is -2.21. The van der Waals surface area contributed by atoms with Gasteiger partial charge in [-0.2, -0.15) is 5.10 Å². The first-order valence-electron chi connectivity index (χ1n) is 6.93. The molecule has 0 fully saturated rings. The maximum Gasteiger partial charge on any atom is 0.0522 e. The number of benzene rings is 1. The predicted molar refractivity (Wildman–Crippen MR) is 79.1 cm³/mol. The molecule has 0 amide bonds. The van der Waals surface area contributed by atoms with Crippen LogP contribution in [-0.2, 0) is 13.1 Å². The molecule has 3 nitrogen and oxygen atoms in total. The first-order valence-corrected chi connectivity index (χ1v) is 6.93. The highest BCUT2D eigenvalue weighted by molar-refractivity contribution is 5.32. The minimum absolute atomic E-state index is 0.347. The quantitative estimate of drug-likeness (QED) is 0.890. The molecule has 1 unspecified atom stereocenters. The Morgan fingerprint density at radius 3 is 2.79 bits per heavy atom. The second kappa shape index (κ2) is 6.02. The Hall–Kier alpha value is -1.61. The molecule has 3 heteroatoms. The van der Waals surface area contributed by atoms with E-state index in [1.54, 1.807) is 0 Å². The van der Waals surface area contributed by atoms with E-state index in [2.05, 4.69) is 62.4 Å². The predicted octanol–water partition coefficient (Wildman–Crippen LogP) is 3.37. The second-order valence-corrected chi connectivity index (χ2v) is 5.10. The van der Waals surface area contributed by atoms with Crippen LogP contribution in [0.2, 0.25) is 0 Å². The molecule has 1 heterocycles. The van der Waals surface area contributed by atoms with Gasteiger partial charge in [0.25, 0.3) is 0 Å². The van der Waals surface area contributed by atoms with Crippen LogP contribution in [-0.4, -0.2) is 9.78 Å². The number of hydrogen-bond acceptors (Lipinski definition) is 2. The van der Waals surface area contributed by atoms with E-state index >= 15 is 0 Å². The molecule has 1 N–H and O–H groups in total. The summed E-state index contributed by atoms with van der Waals surface area (Å²) in [5, 5.41) is 7.88.